The number of benzene rings is 2. The van der Waals surface area contributed by atoms with Gasteiger partial charge in [-0.3, -0.25) is 9.69 Å². The Morgan fingerprint density at radius 1 is 0.793 bits per heavy atom. The molecule has 1 heterocycles. The number of unbranched alkanes of at least 4 members (excludes halogenated alkanes) is 4. The highest BCUT2D eigenvalue weighted by Gasteiger charge is 2.25. The Morgan fingerprint density at radius 2 is 1.34 bits per heavy atom. The fourth-order valence-electron chi connectivity index (χ4n) is 4.26. The van der Waals surface area contributed by atoms with Crippen LogP contribution >= 0.6 is 0 Å². The number of nitrogens with zero attached hydrogens (tertiary/aromatic N) is 2. The normalized spacial score (nSPS) is 15.0. The van der Waals surface area contributed by atoms with Crippen molar-refractivity contribution < 1.29 is 4.79 Å². The maximum Gasteiger partial charge on any atom is 0.223 e. The first kappa shape index (κ1) is 21.6. The van der Waals surface area contributed by atoms with Gasteiger partial charge in [0.15, 0.2) is 0 Å². The predicted octanol–water partition coefficient (Wildman–Crippen LogP) is 5.32. The molecule has 156 valence electrons. The average molecular weight is 393 g/mol. The standard InChI is InChI=1S/C26H36N2O/c1-2-3-4-5-12-17-27-18-20-28(21-19-27)26(29)22-25(23-13-8-6-9-14-23)24-15-10-7-11-16-24/h6-11,13-16,25H,2-5,12,17-22H2,1H3. The molecule has 29 heavy (non-hydrogen) atoms. The minimum atomic E-state index is 0.126. The third-order valence-electron chi connectivity index (χ3n) is 6.09. The first-order valence-corrected chi connectivity index (χ1v) is 11.4. The highest BCUT2D eigenvalue weighted by molar-refractivity contribution is 5.78. The number of amides is 1. The molecule has 1 saturated heterocycles. The molecule has 0 aliphatic carbocycles. The van der Waals surface area contributed by atoms with E-state index in [0.29, 0.717) is 6.42 Å². The molecule has 0 bridgehead atoms. The fourth-order valence-corrected chi connectivity index (χ4v) is 4.26. The Hall–Kier alpha value is -2.13. The Morgan fingerprint density at radius 3 is 1.90 bits per heavy atom. The van der Waals surface area contributed by atoms with Crippen molar-refractivity contribution in [2.45, 2.75) is 51.4 Å². The minimum absolute atomic E-state index is 0.126. The van der Waals surface area contributed by atoms with Gasteiger partial charge in [-0.25, -0.2) is 0 Å². The van der Waals surface area contributed by atoms with Gasteiger partial charge in [0.2, 0.25) is 5.91 Å². The maximum atomic E-state index is 13.1. The SMILES string of the molecule is CCCCCCCN1CCN(C(=O)CC(c2ccccc2)c2ccccc2)CC1. The van der Waals surface area contributed by atoms with Crippen LogP contribution in [0.1, 0.15) is 62.5 Å². The van der Waals surface area contributed by atoms with Gasteiger partial charge < -0.3 is 4.90 Å². The molecule has 0 unspecified atom stereocenters. The second-order valence-electron chi connectivity index (χ2n) is 8.21. The molecule has 3 heteroatoms. The van der Waals surface area contributed by atoms with Crippen molar-refractivity contribution in [3.63, 3.8) is 0 Å². The lowest BCUT2D eigenvalue weighted by atomic mass is 9.88. The molecule has 3 rings (SSSR count). The van der Waals surface area contributed by atoms with Crippen LogP contribution < -0.4 is 0 Å². The van der Waals surface area contributed by atoms with Crippen LogP contribution in [0.25, 0.3) is 0 Å². The zero-order valence-corrected chi connectivity index (χ0v) is 17.9. The van der Waals surface area contributed by atoms with Crippen LogP contribution in [-0.2, 0) is 4.79 Å². The zero-order valence-electron chi connectivity index (χ0n) is 17.9. The van der Waals surface area contributed by atoms with Crippen LogP contribution in [0, 0.1) is 0 Å². The van der Waals surface area contributed by atoms with Crippen molar-refractivity contribution in [3.8, 4) is 0 Å². The van der Waals surface area contributed by atoms with E-state index in [4.69, 9.17) is 0 Å². The van der Waals surface area contributed by atoms with E-state index in [-0.39, 0.29) is 11.8 Å². The molecule has 2 aromatic rings. The first-order valence-electron chi connectivity index (χ1n) is 11.4. The average Bonchev–Trinajstić information content (AvgIpc) is 2.79. The number of rotatable bonds is 10. The maximum absolute atomic E-state index is 13.1. The van der Waals surface area contributed by atoms with Gasteiger partial charge in [-0.2, -0.15) is 0 Å². The highest BCUT2D eigenvalue weighted by Crippen LogP contribution is 2.28. The van der Waals surface area contributed by atoms with Crippen molar-refractivity contribution in [2.75, 3.05) is 32.7 Å². The molecule has 3 nitrogen and oxygen atoms in total. The molecule has 1 aliphatic heterocycles. The van der Waals surface area contributed by atoms with Gasteiger partial charge >= 0.3 is 0 Å². The van der Waals surface area contributed by atoms with E-state index in [2.05, 4.69) is 65.3 Å². The summed E-state index contributed by atoms with van der Waals surface area (Å²) >= 11 is 0. The molecule has 1 aliphatic rings. The van der Waals surface area contributed by atoms with Crippen molar-refractivity contribution in [1.82, 2.24) is 9.80 Å². The van der Waals surface area contributed by atoms with Crippen LogP contribution in [0.3, 0.4) is 0 Å². The van der Waals surface area contributed by atoms with Gasteiger partial charge in [0.25, 0.3) is 0 Å². The summed E-state index contributed by atoms with van der Waals surface area (Å²) in [7, 11) is 0. The second-order valence-corrected chi connectivity index (χ2v) is 8.21. The Bertz CT molecular complexity index is 669. The number of carbonyl (C=O) groups excluding carboxylic acids is 1. The lowest BCUT2D eigenvalue weighted by molar-refractivity contribution is -0.133. The van der Waals surface area contributed by atoms with Crippen LogP contribution in [0.2, 0.25) is 0 Å². The van der Waals surface area contributed by atoms with Crippen molar-refractivity contribution in [3.05, 3.63) is 71.8 Å². The quantitative estimate of drug-likeness (QED) is 0.511. The predicted molar refractivity (Wildman–Crippen MR) is 121 cm³/mol. The molecular formula is C26H36N2O. The molecule has 0 radical (unpaired) electrons. The Kier molecular flexibility index (Phi) is 8.76. The van der Waals surface area contributed by atoms with Gasteiger partial charge in [0, 0.05) is 38.5 Å². The molecule has 0 N–H and O–H groups in total. The minimum Gasteiger partial charge on any atom is -0.340 e. The fraction of sp³-hybridized carbons (Fsp3) is 0.500. The number of hydrogen-bond acceptors (Lipinski definition) is 2. The van der Waals surface area contributed by atoms with E-state index in [9.17, 15) is 4.79 Å². The van der Waals surface area contributed by atoms with Crippen molar-refractivity contribution in [1.29, 1.82) is 0 Å². The smallest absolute Gasteiger partial charge is 0.223 e. The summed E-state index contributed by atoms with van der Waals surface area (Å²) in [4.78, 5) is 17.7. The van der Waals surface area contributed by atoms with Crippen LogP contribution in [0.15, 0.2) is 60.7 Å². The highest BCUT2D eigenvalue weighted by atomic mass is 16.2. The lowest BCUT2D eigenvalue weighted by Crippen LogP contribution is -2.49. The number of carbonyl (C=O) groups is 1. The summed E-state index contributed by atoms with van der Waals surface area (Å²) in [5.74, 6) is 0.409. The second kappa shape index (κ2) is 11.8. The molecule has 0 spiro atoms. The van der Waals surface area contributed by atoms with Crippen molar-refractivity contribution in [2.24, 2.45) is 0 Å². The molecular weight excluding hydrogens is 356 g/mol. The Balaban J connectivity index is 1.52. The van der Waals surface area contributed by atoms with E-state index in [1.807, 2.05) is 12.1 Å². The van der Waals surface area contributed by atoms with E-state index in [1.54, 1.807) is 0 Å². The molecule has 0 saturated carbocycles. The van der Waals surface area contributed by atoms with E-state index >= 15 is 0 Å². The zero-order chi connectivity index (χ0) is 20.3. The lowest BCUT2D eigenvalue weighted by Gasteiger charge is -2.35. The Labute approximate surface area is 176 Å². The number of hydrogen-bond donors (Lipinski definition) is 0. The molecule has 1 fully saturated rings. The third kappa shape index (κ3) is 6.71. The summed E-state index contributed by atoms with van der Waals surface area (Å²) < 4.78 is 0. The van der Waals surface area contributed by atoms with E-state index in [1.165, 1.54) is 49.8 Å². The summed E-state index contributed by atoms with van der Waals surface area (Å²) in [6, 6.07) is 20.9. The first-order chi connectivity index (χ1) is 14.3. The van der Waals surface area contributed by atoms with Crippen molar-refractivity contribution >= 4 is 5.91 Å². The van der Waals surface area contributed by atoms with Gasteiger partial charge in [-0.05, 0) is 24.1 Å². The van der Waals surface area contributed by atoms with Crippen LogP contribution in [-0.4, -0.2) is 48.4 Å². The van der Waals surface area contributed by atoms with Gasteiger partial charge in [0.05, 0.1) is 0 Å². The van der Waals surface area contributed by atoms with Gasteiger partial charge in [-0.15, -0.1) is 0 Å². The summed E-state index contributed by atoms with van der Waals surface area (Å²) in [5, 5.41) is 0. The summed E-state index contributed by atoms with van der Waals surface area (Å²) in [6.07, 6.45) is 7.18. The summed E-state index contributed by atoms with van der Waals surface area (Å²) in [6.45, 7) is 7.20. The monoisotopic (exact) mass is 392 g/mol. The van der Waals surface area contributed by atoms with Gasteiger partial charge in [0.1, 0.15) is 0 Å². The summed E-state index contributed by atoms with van der Waals surface area (Å²) in [5.41, 5.74) is 2.44. The van der Waals surface area contributed by atoms with Crippen LogP contribution in [0.4, 0.5) is 0 Å². The topological polar surface area (TPSA) is 23.6 Å². The molecule has 0 aromatic heterocycles. The largest absolute Gasteiger partial charge is 0.340 e. The van der Waals surface area contributed by atoms with Crippen LogP contribution in [0.5, 0.6) is 0 Å². The third-order valence-corrected chi connectivity index (χ3v) is 6.09. The van der Waals surface area contributed by atoms with E-state index in [0.717, 1.165) is 26.2 Å². The molecule has 2 aromatic carbocycles. The molecule has 0 atom stereocenters. The molecule has 1 amide bonds. The number of piperazine rings is 1. The van der Waals surface area contributed by atoms with Gasteiger partial charge in [-0.1, -0.05) is 93.3 Å². The van der Waals surface area contributed by atoms with E-state index < -0.39 is 0 Å².